The van der Waals surface area contributed by atoms with Crippen LogP contribution < -0.4 is 5.32 Å². The van der Waals surface area contributed by atoms with Gasteiger partial charge in [-0.3, -0.25) is 0 Å². The van der Waals surface area contributed by atoms with E-state index in [1.165, 1.54) is 6.42 Å². The quantitative estimate of drug-likeness (QED) is 0.816. The molecule has 0 saturated carbocycles. The number of hydrogen-bond donors (Lipinski definition) is 1. The second kappa shape index (κ2) is 4.91. The number of rotatable bonds is 2. The van der Waals surface area contributed by atoms with Gasteiger partial charge in [-0.15, -0.1) is 0 Å². The number of hydrogen-bond acceptors (Lipinski definition) is 1. The molecule has 16 heavy (non-hydrogen) atoms. The van der Waals surface area contributed by atoms with E-state index in [1.807, 2.05) is 0 Å². The van der Waals surface area contributed by atoms with Crippen molar-refractivity contribution in [3.63, 3.8) is 0 Å². The van der Waals surface area contributed by atoms with Crippen molar-refractivity contribution in [2.75, 3.05) is 6.54 Å². The van der Waals surface area contributed by atoms with E-state index in [0.29, 0.717) is 17.9 Å². The van der Waals surface area contributed by atoms with Crippen LogP contribution in [0, 0.1) is 17.6 Å². The van der Waals surface area contributed by atoms with E-state index in [9.17, 15) is 8.78 Å². The van der Waals surface area contributed by atoms with Crippen LogP contribution in [0.4, 0.5) is 8.78 Å². The smallest absolute Gasteiger partial charge is 0.162 e. The van der Waals surface area contributed by atoms with Crippen LogP contribution in [0.2, 0.25) is 0 Å². The van der Waals surface area contributed by atoms with Crippen molar-refractivity contribution in [2.45, 2.75) is 32.2 Å². The minimum atomic E-state index is -0.749. The lowest BCUT2D eigenvalue weighted by Gasteiger charge is -2.28. The summed E-state index contributed by atoms with van der Waals surface area (Å²) < 4.78 is 26.5. The molecular formula is C13H17F2N. The van der Waals surface area contributed by atoms with Gasteiger partial charge in [0, 0.05) is 6.04 Å². The molecule has 2 atom stereocenters. The molecule has 1 aromatic rings. The van der Waals surface area contributed by atoms with Crippen LogP contribution in [-0.4, -0.2) is 12.6 Å². The van der Waals surface area contributed by atoms with Gasteiger partial charge in [-0.2, -0.15) is 0 Å². The molecule has 1 nitrogen and oxygen atoms in total. The second-order valence-corrected chi connectivity index (χ2v) is 4.70. The predicted octanol–water partition coefficient (Wildman–Crippen LogP) is 2.90. The summed E-state index contributed by atoms with van der Waals surface area (Å²) >= 11 is 0. The average Bonchev–Trinajstić information content (AvgIpc) is 2.25. The molecule has 1 aromatic carbocycles. The Hall–Kier alpha value is -0.960. The summed E-state index contributed by atoms with van der Waals surface area (Å²) in [6.07, 6.45) is 2.78. The summed E-state index contributed by atoms with van der Waals surface area (Å²) in [5.41, 5.74) is 0.478. The SMILES string of the molecule is CC1CCNC(Cc2cccc(F)c2F)C1. The van der Waals surface area contributed by atoms with Crippen molar-refractivity contribution in [3.8, 4) is 0 Å². The number of piperidine rings is 1. The van der Waals surface area contributed by atoms with E-state index in [4.69, 9.17) is 0 Å². The van der Waals surface area contributed by atoms with E-state index in [-0.39, 0.29) is 6.04 Å². The van der Waals surface area contributed by atoms with E-state index in [1.54, 1.807) is 12.1 Å². The Kier molecular flexibility index (Phi) is 3.54. The first-order chi connectivity index (χ1) is 7.66. The zero-order valence-corrected chi connectivity index (χ0v) is 9.47. The summed E-state index contributed by atoms with van der Waals surface area (Å²) in [4.78, 5) is 0. The molecule has 2 unspecified atom stereocenters. The largest absolute Gasteiger partial charge is 0.314 e. The predicted molar refractivity (Wildman–Crippen MR) is 60.3 cm³/mol. The minimum Gasteiger partial charge on any atom is -0.314 e. The molecule has 1 heterocycles. The van der Waals surface area contributed by atoms with Crippen molar-refractivity contribution >= 4 is 0 Å². The van der Waals surface area contributed by atoms with Gasteiger partial charge in [-0.25, -0.2) is 8.78 Å². The van der Waals surface area contributed by atoms with Gasteiger partial charge in [-0.05, 0) is 43.4 Å². The van der Waals surface area contributed by atoms with Gasteiger partial charge in [0.2, 0.25) is 0 Å². The van der Waals surface area contributed by atoms with Gasteiger partial charge >= 0.3 is 0 Å². The van der Waals surface area contributed by atoms with Crippen LogP contribution in [-0.2, 0) is 6.42 Å². The third kappa shape index (κ3) is 2.59. The maximum atomic E-state index is 13.5. The highest BCUT2D eigenvalue weighted by molar-refractivity contribution is 5.20. The van der Waals surface area contributed by atoms with Crippen molar-refractivity contribution in [1.82, 2.24) is 5.32 Å². The molecule has 2 rings (SSSR count). The van der Waals surface area contributed by atoms with E-state index in [2.05, 4.69) is 12.2 Å². The molecule has 3 heteroatoms. The Balaban J connectivity index is 2.05. The molecule has 0 spiro atoms. The topological polar surface area (TPSA) is 12.0 Å². The van der Waals surface area contributed by atoms with Gasteiger partial charge < -0.3 is 5.32 Å². The number of nitrogens with one attached hydrogen (secondary N) is 1. The highest BCUT2D eigenvalue weighted by atomic mass is 19.2. The molecule has 1 aliphatic rings. The zero-order valence-electron chi connectivity index (χ0n) is 9.47. The third-order valence-corrected chi connectivity index (χ3v) is 3.25. The Morgan fingerprint density at radius 2 is 2.19 bits per heavy atom. The lowest BCUT2D eigenvalue weighted by molar-refractivity contribution is 0.316. The Morgan fingerprint density at radius 1 is 1.38 bits per heavy atom. The molecule has 0 aromatic heterocycles. The fraction of sp³-hybridized carbons (Fsp3) is 0.538. The van der Waals surface area contributed by atoms with Gasteiger partial charge in [-0.1, -0.05) is 19.1 Å². The Labute approximate surface area is 94.9 Å². The molecule has 0 aliphatic carbocycles. The van der Waals surface area contributed by atoms with Crippen molar-refractivity contribution in [2.24, 2.45) is 5.92 Å². The monoisotopic (exact) mass is 225 g/mol. The van der Waals surface area contributed by atoms with Gasteiger partial charge in [0.05, 0.1) is 0 Å². The standard InChI is InChI=1S/C13H17F2N/c1-9-5-6-16-11(7-9)8-10-3-2-4-12(14)13(10)15/h2-4,9,11,16H,5-8H2,1H3. The van der Waals surface area contributed by atoms with Crippen LogP contribution >= 0.6 is 0 Å². The first-order valence-corrected chi connectivity index (χ1v) is 5.83. The summed E-state index contributed by atoms with van der Waals surface area (Å²) in [5.74, 6) is -0.772. The van der Waals surface area contributed by atoms with Gasteiger partial charge in [0.25, 0.3) is 0 Å². The number of benzene rings is 1. The van der Waals surface area contributed by atoms with E-state index >= 15 is 0 Å². The fourth-order valence-corrected chi connectivity index (χ4v) is 2.35. The average molecular weight is 225 g/mol. The Bertz CT molecular complexity index is 365. The summed E-state index contributed by atoms with van der Waals surface area (Å²) in [7, 11) is 0. The summed E-state index contributed by atoms with van der Waals surface area (Å²) in [6.45, 7) is 3.18. The van der Waals surface area contributed by atoms with Crippen molar-refractivity contribution < 1.29 is 8.78 Å². The van der Waals surface area contributed by atoms with Gasteiger partial charge in [0.1, 0.15) is 0 Å². The molecule has 0 amide bonds. The van der Waals surface area contributed by atoms with Crippen molar-refractivity contribution in [3.05, 3.63) is 35.4 Å². The minimum absolute atomic E-state index is 0.278. The molecule has 1 saturated heterocycles. The van der Waals surface area contributed by atoms with E-state index in [0.717, 1.165) is 19.0 Å². The first kappa shape index (κ1) is 11.5. The van der Waals surface area contributed by atoms with Crippen LogP contribution in [0.5, 0.6) is 0 Å². The first-order valence-electron chi connectivity index (χ1n) is 5.83. The molecular weight excluding hydrogens is 208 g/mol. The van der Waals surface area contributed by atoms with Crippen molar-refractivity contribution in [1.29, 1.82) is 0 Å². The van der Waals surface area contributed by atoms with Gasteiger partial charge in [0.15, 0.2) is 11.6 Å². The van der Waals surface area contributed by atoms with Crippen LogP contribution in [0.25, 0.3) is 0 Å². The molecule has 1 fully saturated rings. The molecule has 0 radical (unpaired) electrons. The summed E-state index contributed by atoms with van der Waals surface area (Å²) in [5, 5.41) is 3.36. The molecule has 88 valence electrons. The van der Waals surface area contributed by atoms with E-state index < -0.39 is 11.6 Å². The highest BCUT2D eigenvalue weighted by Crippen LogP contribution is 2.20. The maximum Gasteiger partial charge on any atom is 0.162 e. The molecule has 0 bridgehead atoms. The van der Waals surface area contributed by atoms with Crippen LogP contribution in [0.1, 0.15) is 25.3 Å². The lowest BCUT2D eigenvalue weighted by atomic mass is 9.90. The normalized spacial score (nSPS) is 25.7. The van der Waals surface area contributed by atoms with Crippen LogP contribution in [0.15, 0.2) is 18.2 Å². The van der Waals surface area contributed by atoms with Crippen LogP contribution in [0.3, 0.4) is 0 Å². The zero-order chi connectivity index (χ0) is 11.5. The lowest BCUT2D eigenvalue weighted by Crippen LogP contribution is -2.38. The number of halogens is 2. The second-order valence-electron chi connectivity index (χ2n) is 4.70. The third-order valence-electron chi connectivity index (χ3n) is 3.25. The fourth-order valence-electron chi connectivity index (χ4n) is 2.35. The summed E-state index contributed by atoms with van der Waals surface area (Å²) in [6, 6.07) is 4.68. The molecule has 1 aliphatic heterocycles. The Morgan fingerprint density at radius 3 is 2.94 bits per heavy atom. The maximum absolute atomic E-state index is 13.5. The molecule has 1 N–H and O–H groups in total. The highest BCUT2D eigenvalue weighted by Gasteiger charge is 2.20.